The SMILES string of the molecule is O=c1cccnn1CCCN(Cc1ccccc1)C(Cc1ccccc1)C1COCCO1. The first kappa shape index (κ1) is 22.4. The van der Waals surface area contributed by atoms with Crippen LogP contribution in [0.4, 0.5) is 0 Å². The Morgan fingerprint density at radius 3 is 2.41 bits per heavy atom. The molecule has 32 heavy (non-hydrogen) atoms. The third kappa shape index (κ3) is 6.36. The van der Waals surface area contributed by atoms with Gasteiger partial charge in [-0.15, -0.1) is 0 Å². The van der Waals surface area contributed by atoms with E-state index in [0.29, 0.717) is 26.4 Å². The molecule has 0 aliphatic carbocycles. The Morgan fingerprint density at radius 1 is 0.969 bits per heavy atom. The van der Waals surface area contributed by atoms with Gasteiger partial charge >= 0.3 is 0 Å². The molecule has 1 aliphatic heterocycles. The maximum Gasteiger partial charge on any atom is 0.266 e. The molecule has 2 heterocycles. The first-order chi connectivity index (χ1) is 15.8. The van der Waals surface area contributed by atoms with Crippen LogP contribution in [-0.2, 0) is 29.0 Å². The van der Waals surface area contributed by atoms with Gasteiger partial charge in [0.05, 0.1) is 25.9 Å². The number of aryl methyl sites for hydroxylation is 1. The first-order valence-corrected chi connectivity index (χ1v) is 11.3. The fourth-order valence-corrected chi connectivity index (χ4v) is 4.24. The summed E-state index contributed by atoms with van der Waals surface area (Å²) in [5.74, 6) is 0. The molecule has 168 valence electrons. The summed E-state index contributed by atoms with van der Waals surface area (Å²) in [5, 5.41) is 4.20. The average molecular weight is 434 g/mol. The predicted octanol–water partition coefficient (Wildman–Crippen LogP) is 3.16. The van der Waals surface area contributed by atoms with Crippen molar-refractivity contribution in [2.75, 3.05) is 26.4 Å². The molecule has 6 heteroatoms. The van der Waals surface area contributed by atoms with Gasteiger partial charge in [-0.25, -0.2) is 4.68 Å². The molecule has 1 saturated heterocycles. The van der Waals surface area contributed by atoms with Crippen molar-refractivity contribution in [1.29, 1.82) is 0 Å². The van der Waals surface area contributed by atoms with Gasteiger partial charge in [-0.3, -0.25) is 9.69 Å². The van der Waals surface area contributed by atoms with Crippen LogP contribution in [0, 0.1) is 0 Å². The molecule has 1 fully saturated rings. The van der Waals surface area contributed by atoms with Gasteiger partial charge in [-0.05, 0) is 30.0 Å². The second-order valence-corrected chi connectivity index (χ2v) is 8.14. The molecule has 2 atom stereocenters. The lowest BCUT2D eigenvalue weighted by Gasteiger charge is -2.39. The van der Waals surface area contributed by atoms with Crippen molar-refractivity contribution in [3.05, 3.63) is 100 Å². The van der Waals surface area contributed by atoms with Crippen molar-refractivity contribution in [2.45, 2.75) is 38.1 Å². The minimum atomic E-state index is -0.0630. The molecule has 2 aromatic carbocycles. The highest BCUT2D eigenvalue weighted by atomic mass is 16.6. The quantitative estimate of drug-likeness (QED) is 0.492. The Bertz CT molecular complexity index is 988. The van der Waals surface area contributed by atoms with E-state index in [0.717, 1.165) is 25.9 Å². The third-order valence-electron chi connectivity index (χ3n) is 5.86. The van der Waals surface area contributed by atoms with E-state index in [9.17, 15) is 4.79 Å². The number of hydrogen-bond acceptors (Lipinski definition) is 5. The molecular formula is C26H31N3O3. The summed E-state index contributed by atoms with van der Waals surface area (Å²) in [7, 11) is 0. The minimum absolute atomic E-state index is 0.00485. The zero-order valence-electron chi connectivity index (χ0n) is 18.4. The largest absolute Gasteiger partial charge is 0.376 e. The van der Waals surface area contributed by atoms with E-state index in [1.165, 1.54) is 15.8 Å². The zero-order valence-corrected chi connectivity index (χ0v) is 18.4. The predicted molar refractivity (Wildman–Crippen MR) is 124 cm³/mol. The fraction of sp³-hybridized carbons (Fsp3) is 0.385. The van der Waals surface area contributed by atoms with Crippen molar-refractivity contribution in [1.82, 2.24) is 14.7 Å². The van der Waals surface area contributed by atoms with Gasteiger partial charge < -0.3 is 9.47 Å². The normalized spacial score (nSPS) is 17.3. The Labute approximate surface area is 189 Å². The summed E-state index contributed by atoms with van der Waals surface area (Å²) in [6.45, 7) is 4.10. The van der Waals surface area contributed by atoms with Gasteiger partial charge in [0.2, 0.25) is 0 Å². The lowest BCUT2D eigenvalue weighted by Crippen LogP contribution is -2.50. The van der Waals surface area contributed by atoms with E-state index < -0.39 is 0 Å². The maximum absolute atomic E-state index is 12.1. The summed E-state index contributed by atoms with van der Waals surface area (Å²) in [4.78, 5) is 14.5. The van der Waals surface area contributed by atoms with E-state index in [1.54, 1.807) is 18.3 Å². The van der Waals surface area contributed by atoms with Crippen molar-refractivity contribution >= 4 is 0 Å². The lowest BCUT2D eigenvalue weighted by molar-refractivity contribution is -0.120. The topological polar surface area (TPSA) is 56.6 Å². The monoisotopic (exact) mass is 433 g/mol. The fourth-order valence-electron chi connectivity index (χ4n) is 4.24. The Balaban J connectivity index is 1.54. The first-order valence-electron chi connectivity index (χ1n) is 11.3. The molecular weight excluding hydrogens is 402 g/mol. The van der Waals surface area contributed by atoms with Crippen molar-refractivity contribution in [2.24, 2.45) is 0 Å². The molecule has 1 aliphatic rings. The number of hydrogen-bond donors (Lipinski definition) is 0. The summed E-state index contributed by atoms with van der Waals surface area (Å²) in [6.07, 6.45) is 3.37. The Hall–Kier alpha value is -2.80. The molecule has 0 spiro atoms. The number of nitrogens with zero attached hydrogens (tertiary/aromatic N) is 3. The van der Waals surface area contributed by atoms with Gasteiger partial charge in [-0.2, -0.15) is 5.10 Å². The van der Waals surface area contributed by atoms with E-state index in [2.05, 4.69) is 58.5 Å². The minimum Gasteiger partial charge on any atom is -0.376 e. The van der Waals surface area contributed by atoms with E-state index in [1.807, 2.05) is 12.1 Å². The second-order valence-electron chi connectivity index (χ2n) is 8.14. The van der Waals surface area contributed by atoms with Gasteiger partial charge in [0.25, 0.3) is 5.56 Å². The van der Waals surface area contributed by atoms with Crippen LogP contribution in [0.25, 0.3) is 0 Å². The molecule has 0 bridgehead atoms. The highest BCUT2D eigenvalue weighted by Gasteiger charge is 2.30. The molecule has 3 aromatic rings. The molecule has 4 rings (SSSR count). The molecule has 0 saturated carbocycles. The van der Waals surface area contributed by atoms with Crippen LogP contribution >= 0.6 is 0 Å². The van der Waals surface area contributed by atoms with Gasteiger partial charge in [0, 0.05) is 37.9 Å². The van der Waals surface area contributed by atoms with E-state index in [-0.39, 0.29) is 17.7 Å². The lowest BCUT2D eigenvalue weighted by atomic mass is 9.98. The Kier molecular flexibility index (Phi) is 8.20. The van der Waals surface area contributed by atoms with Crippen LogP contribution in [0.5, 0.6) is 0 Å². The van der Waals surface area contributed by atoms with Crippen molar-refractivity contribution < 1.29 is 9.47 Å². The van der Waals surface area contributed by atoms with Gasteiger partial charge in [0.15, 0.2) is 0 Å². The number of ether oxygens (including phenoxy) is 2. The summed E-state index contributed by atoms with van der Waals surface area (Å²) >= 11 is 0. The molecule has 6 nitrogen and oxygen atoms in total. The summed E-state index contributed by atoms with van der Waals surface area (Å²) in [5.41, 5.74) is 2.48. The summed E-state index contributed by atoms with van der Waals surface area (Å²) in [6, 6.07) is 24.5. The summed E-state index contributed by atoms with van der Waals surface area (Å²) < 4.78 is 13.5. The van der Waals surface area contributed by atoms with Crippen LogP contribution in [0.3, 0.4) is 0 Å². The third-order valence-corrected chi connectivity index (χ3v) is 5.86. The van der Waals surface area contributed by atoms with Crippen molar-refractivity contribution in [3.8, 4) is 0 Å². The van der Waals surface area contributed by atoms with Crippen LogP contribution < -0.4 is 5.56 Å². The van der Waals surface area contributed by atoms with Crippen molar-refractivity contribution in [3.63, 3.8) is 0 Å². The van der Waals surface area contributed by atoms with E-state index >= 15 is 0 Å². The molecule has 1 aromatic heterocycles. The maximum atomic E-state index is 12.1. The Morgan fingerprint density at radius 2 is 1.72 bits per heavy atom. The van der Waals surface area contributed by atoms with Crippen LogP contribution in [0.15, 0.2) is 83.8 Å². The van der Waals surface area contributed by atoms with E-state index in [4.69, 9.17) is 9.47 Å². The smallest absolute Gasteiger partial charge is 0.266 e. The molecule has 0 radical (unpaired) electrons. The molecule has 0 N–H and O–H groups in total. The second kappa shape index (κ2) is 11.7. The van der Waals surface area contributed by atoms with Gasteiger partial charge in [-0.1, -0.05) is 60.7 Å². The highest BCUT2D eigenvalue weighted by Crippen LogP contribution is 2.20. The molecule has 0 amide bonds. The standard InChI is InChI=1S/C26H31N3O3/c30-26-13-7-14-27-29(26)16-8-15-28(20-23-11-5-2-6-12-23)24(25-21-31-17-18-32-25)19-22-9-3-1-4-10-22/h1-7,9-14,24-25H,8,15-21H2. The number of benzene rings is 2. The van der Waals surface area contributed by atoms with Crippen LogP contribution in [-0.4, -0.2) is 53.2 Å². The van der Waals surface area contributed by atoms with Gasteiger partial charge in [0.1, 0.15) is 0 Å². The highest BCUT2D eigenvalue weighted by molar-refractivity contribution is 5.18. The average Bonchev–Trinajstić information content (AvgIpc) is 2.85. The number of rotatable bonds is 10. The molecule has 2 unspecified atom stereocenters. The van der Waals surface area contributed by atoms with Crippen LogP contribution in [0.2, 0.25) is 0 Å². The number of aromatic nitrogens is 2. The zero-order chi connectivity index (χ0) is 22.0. The van der Waals surface area contributed by atoms with Crippen LogP contribution in [0.1, 0.15) is 17.5 Å².